The van der Waals surface area contributed by atoms with Crippen LogP contribution in [0.1, 0.15) is 26.3 Å². The van der Waals surface area contributed by atoms with Crippen molar-refractivity contribution >= 4 is 21.9 Å². The van der Waals surface area contributed by atoms with Crippen molar-refractivity contribution in [3.05, 3.63) is 71.3 Å². The second-order valence-corrected chi connectivity index (χ2v) is 7.50. The number of imide groups is 1. The van der Waals surface area contributed by atoms with Crippen molar-refractivity contribution in [2.75, 3.05) is 12.9 Å². The second-order valence-electron chi connectivity index (χ2n) is 5.86. The van der Waals surface area contributed by atoms with Gasteiger partial charge in [-0.2, -0.15) is 8.42 Å². The van der Waals surface area contributed by atoms with Crippen LogP contribution in [0.5, 0.6) is 0 Å². The van der Waals surface area contributed by atoms with Crippen LogP contribution in [-0.2, 0) is 20.7 Å². The number of fused-ring (bicyclic) bond motifs is 1. The highest BCUT2D eigenvalue weighted by atomic mass is 32.2. The van der Waals surface area contributed by atoms with E-state index in [1.165, 1.54) is 0 Å². The molecular formula is C18H17NO5S. The Kier molecular flexibility index (Phi) is 4.69. The quantitative estimate of drug-likeness (QED) is 0.581. The van der Waals surface area contributed by atoms with E-state index in [2.05, 4.69) is 0 Å². The number of amides is 2. The maximum Gasteiger partial charge on any atom is 0.264 e. The first-order chi connectivity index (χ1) is 11.9. The van der Waals surface area contributed by atoms with Crippen molar-refractivity contribution in [2.24, 2.45) is 0 Å². The summed E-state index contributed by atoms with van der Waals surface area (Å²) in [5, 5.41) is 0. The Labute approximate surface area is 146 Å². The molecule has 130 valence electrons. The van der Waals surface area contributed by atoms with E-state index >= 15 is 0 Å². The van der Waals surface area contributed by atoms with Gasteiger partial charge in [0.1, 0.15) is 0 Å². The van der Waals surface area contributed by atoms with Crippen molar-refractivity contribution in [3.8, 4) is 0 Å². The first-order valence-electron chi connectivity index (χ1n) is 7.72. The maximum absolute atomic E-state index is 12.7. The Hall–Kier alpha value is -2.51. The van der Waals surface area contributed by atoms with Crippen LogP contribution in [-0.4, -0.2) is 44.0 Å². The van der Waals surface area contributed by atoms with Crippen LogP contribution in [0, 0.1) is 0 Å². The molecule has 2 aromatic rings. The Morgan fingerprint density at radius 3 is 1.96 bits per heavy atom. The lowest BCUT2D eigenvalue weighted by Gasteiger charge is -2.25. The van der Waals surface area contributed by atoms with Gasteiger partial charge >= 0.3 is 0 Å². The highest BCUT2D eigenvalue weighted by molar-refractivity contribution is 7.85. The normalized spacial score (nSPS) is 15.3. The molecule has 1 aliphatic heterocycles. The summed E-state index contributed by atoms with van der Waals surface area (Å²) in [6, 6.07) is 15.1. The van der Waals surface area contributed by atoms with E-state index in [0.29, 0.717) is 17.5 Å². The van der Waals surface area contributed by atoms with Gasteiger partial charge in [-0.05, 0) is 24.1 Å². The van der Waals surface area contributed by atoms with Crippen LogP contribution in [0.2, 0.25) is 0 Å². The lowest BCUT2D eigenvalue weighted by Crippen LogP contribution is -2.44. The van der Waals surface area contributed by atoms with Crippen LogP contribution in [0.15, 0.2) is 54.6 Å². The minimum atomic E-state index is -3.69. The summed E-state index contributed by atoms with van der Waals surface area (Å²) in [6.45, 7) is -0.279. The fraction of sp³-hybridized carbons (Fsp3) is 0.222. The lowest BCUT2D eigenvalue weighted by molar-refractivity contribution is 0.0534. The molecule has 1 heterocycles. The van der Waals surface area contributed by atoms with Gasteiger partial charge in [0.25, 0.3) is 21.9 Å². The fourth-order valence-electron chi connectivity index (χ4n) is 2.85. The van der Waals surface area contributed by atoms with Crippen molar-refractivity contribution in [3.63, 3.8) is 0 Å². The van der Waals surface area contributed by atoms with Gasteiger partial charge in [0.2, 0.25) is 0 Å². The molecular weight excluding hydrogens is 342 g/mol. The molecule has 0 spiro atoms. The predicted molar refractivity (Wildman–Crippen MR) is 91.7 cm³/mol. The number of nitrogens with zero attached hydrogens (tertiary/aromatic N) is 1. The molecule has 0 unspecified atom stereocenters. The van der Waals surface area contributed by atoms with E-state index in [0.717, 1.165) is 16.7 Å². The average Bonchev–Trinajstić information content (AvgIpc) is 2.84. The van der Waals surface area contributed by atoms with Crippen molar-refractivity contribution in [2.45, 2.75) is 12.5 Å². The summed E-state index contributed by atoms with van der Waals surface area (Å²) >= 11 is 0. The van der Waals surface area contributed by atoms with Crippen molar-refractivity contribution in [1.82, 2.24) is 4.90 Å². The van der Waals surface area contributed by atoms with E-state index < -0.39 is 28.0 Å². The Bertz CT molecular complexity index is 873. The lowest BCUT2D eigenvalue weighted by atomic mass is 10.1. The minimum absolute atomic E-state index is 0.279. The molecule has 0 N–H and O–H groups in total. The average molecular weight is 359 g/mol. The Morgan fingerprint density at radius 1 is 0.920 bits per heavy atom. The molecule has 0 bridgehead atoms. The highest BCUT2D eigenvalue weighted by Gasteiger charge is 2.40. The summed E-state index contributed by atoms with van der Waals surface area (Å²) in [4.78, 5) is 26.4. The van der Waals surface area contributed by atoms with Gasteiger partial charge in [0, 0.05) is 0 Å². The largest absolute Gasteiger partial charge is 0.269 e. The molecule has 0 fully saturated rings. The van der Waals surface area contributed by atoms with Gasteiger partial charge < -0.3 is 0 Å². The van der Waals surface area contributed by atoms with Crippen LogP contribution < -0.4 is 0 Å². The first kappa shape index (κ1) is 17.3. The van der Waals surface area contributed by atoms with Crippen LogP contribution in [0.4, 0.5) is 0 Å². The zero-order valence-corrected chi connectivity index (χ0v) is 14.4. The molecule has 3 rings (SSSR count). The maximum atomic E-state index is 12.7. The third kappa shape index (κ3) is 3.78. The Morgan fingerprint density at radius 2 is 1.44 bits per heavy atom. The highest BCUT2D eigenvalue weighted by Crippen LogP contribution is 2.26. The van der Waals surface area contributed by atoms with Gasteiger partial charge in [0.15, 0.2) is 0 Å². The molecule has 0 saturated heterocycles. The number of benzene rings is 2. The number of rotatable bonds is 6. The van der Waals surface area contributed by atoms with Crippen molar-refractivity contribution in [1.29, 1.82) is 0 Å². The summed E-state index contributed by atoms with van der Waals surface area (Å²) in [5.74, 6) is -0.864. The summed E-state index contributed by atoms with van der Waals surface area (Å²) < 4.78 is 27.6. The van der Waals surface area contributed by atoms with Gasteiger partial charge in [-0.1, -0.05) is 42.5 Å². The molecule has 6 nitrogen and oxygen atoms in total. The topological polar surface area (TPSA) is 80.8 Å². The van der Waals surface area contributed by atoms with Crippen LogP contribution in [0.3, 0.4) is 0 Å². The molecule has 0 aliphatic carbocycles. The number of carbonyl (C=O) groups excluding carboxylic acids is 2. The van der Waals surface area contributed by atoms with E-state index in [-0.39, 0.29) is 6.61 Å². The Balaban J connectivity index is 1.91. The molecule has 0 aromatic heterocycles. The first-order valence-corrected chi connectivity index (χ1v) is 9.54. The minimum Gasteiger partial charge on any atom is -0.269 e. The SMILES string of the molecule is CS(=O)(=O)OC[C@@H](Cc1ccccc1)N1C(=O)c2ccccc2C1=O. The third-order valence-electron chi connectivity index (χ3n) is 3.98. The van der Waals surface area contributed by atoms with Crippen LogP contribution in [0.25, 0.3) is 0 Å². The van der Waals surface area contributed by atoms with Gasteiger partial charge in [-0.15, -0.1) is 0 Å². The smallest absolute Gasteiger partial charge is 0.264 e. The molecule has 0 radical (unpaired) electrons. The molecule has 25 heavy (non-hydrogen) atoms. The number of carbonyl (C=O) groups is 2. The zero-order valence-electron chi connectivity index (χ0n) is 13.6. The van der Waals surface area contributed by atoms with E-state index in [4.69, 9.17) is 4.18 Å². The van der Waals surface area contributed by atoms with Gasteiger partial charge in [-0.3, -0.25) is 18.7 Å². The molecule has 7 heteroatoms. The molecule has 1 atom stereocenters. The monoisotopic (exact) mass is 359 g/mol. The van der Waals surface area contributed by atoms with Gasteiger partial charge in [-0.25, -0.2) is 0 Å². The molecule has 2 amide bonds. The zero-order chi connectivity index (χ0) is 18.0. The molecule has 2 aromatic carbocycles. The summed E-state index contributed by atoms with van der Waals surface area (Å²) in [6.07, 6.45) is 1.25. The van der Waals surface area contributed by atoms with Crippen LogP contribution >= 0.6 is 0 Å². The van der Waals surface area contributed by atoms with E-state index in [1.807, 2.05) is 30.3 Å². The van der Waals surface area contributed by atoms with E-state index in [1.54, 1.807) is 24.3 Å². The predicted octanol–water partition coefficient (Wildman–Crippen LogP) is 1.87. The third-order valence-corrected chi connectivity index (χ3v) is 4.54. The summed E-state index contributed by atoms with van der Waals surface area (Å²) in [7, 11) is -3.69. The van der Waals surface area contributed by atoms with Gasteiger partial charge in [0.05, 0.1) is 30.0 Å². The molecule has 0 saturated carbocycles. The van der Waals surface area contributed by atoms with E-state index in [9.17, 15) is 18.0 Å². The van der Waals surface area contributed by atoms with Crippen molar-refractivity contribution < 1.29 is 22.2 Å². The molecule has 1 aliphatic rings. The number of hydrogen-bond acceptors (Lipinski definition) is 5. The fourth-order valence-corrected chi connectivity index (χ4v) is 3.26. The summed E-state index contributed by atoms with van der Waals surface area (Å²) in [5.41, 5.74) is 1.52. The standard InChI is InChI=1S/C18H17NO5S/c1-25(22,23)24-12-14(11-13-7-3-2-4-8-13)19-17(20)15-9-5-6-10-16(15)18(19)21/h2-10,14H,11-12H2,1H3/t14-/m1/s1. The number of hydrogen-bond donors (Lipinski definition) is 0. The second kappa shape index (κ2) is 6.78.